The lowest BCUT2D eigenvalue weighted by Gasteiger charge is -2.35. The number of carbonyl (C=O) groups excluding carboxylic acids is 3. The summed E-state index contributed by atoms with van der Waals surface area (Å²) in [4.78, 5) is 42.1. The fraction of sp³-hybridized carbons (Fsp3) is 0.700. The Bertz CT molecular complexity index is 843. The molecule has 0 radical (unpaired) electrons. The van der Waals surface area contributed by atoms with Gasteiger partial charge in [-0.15, -0.1) is 0 Å². The molecule has 1 rings (SSSR count). The average Bonchev–Trinajstić information content (AvgIpc) is 2.78. The van der Waals surface area contributed by atoms with Crippen LogP contribution >= 0.6 is 0 Å². The molecule has 0 saturated heterocycles. The van der Waals surface area contributed by atoms with E-state index in [1.807, 2.05) is 52.0 Å². The summed E-state index contributed by atoms with van der Waals surface area (Å²) in [7, 11) is 0. The molecule has 7 nitrogen and oxygen atoms in total. The second-order valence-corrected chi connectivity index (χ2v) is 11.6. The van der Waals surface area contributed by atoms with Crippen LogP contribution in [0.2, 0.25) is 0 Å². The van der Waals surface area contributed by atoms with E-state index in [0.29, 0.717) is 13.0 Å². The van der Waals surface area contributed by atoms with Crippen LogP contribution in [0.4, 0.5) is 4.79 Å². The van der Waals surface area contributed by atoms with Crippen LogP contribution in [-0.2, 0) is 20.7 Å². The molecule has 2 unspecified atom stereocenters. The van der Waals surface area contributed by atoms with Crippen LogP contribution in [0.15, 0.2) is 24.3 Å². The van der Waals surface area contributed by atoms with Gasteiger partial charge in [0.2, 0.25) is 11.8 Å². The van der Waals surface area contributed by atoms with Crippen molar-refractivity contribution in [3.05, 3.63) is 35.4 Å². The Morgan fingerprint density at radius 3 is 2.03 bits per heavy atom. The number of carbonyl (C=O) groups is 3. The van der Waals surface area contributed by atoms with Crippen molar-refractivity contribution >= 4 is 17.9 Å². The zero-order valence-electron chi connectivity index (χ0n) is 24.6. The van der Waals surface area contributed by atoms with Crippen LogP contribution in [-0.4, -0.2) is 47.0 Å². The first kappa shape index (κ1) is 32.5. The number of hydrogen-bond acceptors (Lipinski definition) is 4. The first-order valence-corrected chi connectivity index (χ1v) is 14.0. The molecule has 3 amide bonds. The fourth-order valence-electron chi connectivity index (χ4n) is 4.19. The van der Waals surface area contributed by atoms with Crippen LogP contribution in [0.5, 0.6) is 0 Å². The Morgan fingerprint density at radius 2 is 1.54 bits per heavy atom. The Balaban J connectivity index is 3.47. The Labute approximate surface area is 225 Å². The number of hydrogen-bond donors (Lipinski definition) is 2. The summed E-state index contributed by atoms with van der Waals surface area (Å²) in [6, 6.07) is 6.23. The van der Waals surface area contributed by atoms with Gasteiger partial charge in [0.1, 0.15) is 17.7 Å². The van der Waals surface area contributed by atoms with Crippen molar-refractivity contribution in [3.8, 4) is 0 Å². The second-order valence-electron chi connectivity index (χ2n) is 11.6. The lowest BCUT2D eigenvalue weighted by Crippen LogP contribution is -2.54. The summed E-state index contributed by atoms with van der Waals surface area (Å²) >= 11 is 0. The molecule has 0 bridgehead atoms. The smallest absolute Gasteiger partial charge is 0.408 e. The molecule has 2 atom stereocenters. The summed E-state index contributed by atoms with van der Waals surface area (Å²) in [5, 5.41) is 5.82. The molecule has 210 valence electrons. The van der Waals surface area contributed by atoms with Gasteiger partial charge in [-0.2, -0.15) is 0 Å². The van der Waals surface area contributed by atoms with Crippen molar-refractivity contribution < 1.29 is 19.1 Å². The number of ether oxygens (including phenoxy) is 1. The highest BCUT2D eigenvalue weighted by Gasteiger charge is 2.36. The van der Waals surface area contributed by atoms with Gasteiger partial charge in [0.05, 0.1) is 0 Å². The van der Waals surface area contributed by atoms with Gasteiger partial charge < -0.3 is 20.3 Å². The van der Waals surface area contributed by atoms with Crippen LogP contribution in [0.1, 0.15) is 112 Å². The number of rotatable bonds is 14. The molecule has 2 N–H and O–H groups in total. The van der Waals surface area contributed by atoms with Crippen LogP contribution < -0.4 is 10.6 Å². The highest BCUT2D eigenvalue weighted by Crippen LogP contribution is 2.25. The summed E-state index contributed by atoms with van der Waals surface area (Å²) in [5.74, 6) is -0.333. The average molecular weight is 518 g/mol. The van der Waals surface area contributed by atoms with Crippen molar-refractivity contribution in [1.82, 2.24) is 15.5 Å². The quantitative estimate of drug-likeness (QED) is 0.289. The van der Waals surface area contributed by atoms with Crippen molar-refractivity contribution in [1.29, 1.82) is 0 Å². The Hall–Kier alpha value is -2.57. The van der Waals surface area contributed by atoms with E-state index in [0.717, 1.165) is 43.2 Å². The molecule has 1 aromatic carbocycles. The van der Waals surface area contributed by atoms with Gasteiger partial charge in [-0.25, -0.2) is 4.79 Å². The van der Waals surface area contributed by atoms with Crippen molar-refractivity contribution in [3.63, 3.8) is 0 Å². The topological polar surface area (TPSA) is 87.7 Å². The largest absolute Gasteiger partial charge is 0.444 e. The molecule has 1 aromatic rings. The SMILES string of the molecule is CCCCCCN(C(=O)C(CC(C)C)NC(=O)OC(C)(C)C)C(C(=O)NC(C)C)c1ccc(CC)cc1. The molecule has 0 spiro atoms. The number of benzene rings is 1. The molecular weight excluding hydrogens is 466 g/mol. The summed E-state index contributed by atoms with van der Waals surface area (Å²) in [6.45, 7) is 17.9. The molecule has 0 fully saturated rings. The van der Waals surface area contributed by atoms with Gasteiger partial charge >= 0.3 is 6.09 Å². The Kier molecular flexibility index (Phi) is 13.7. The van der Waals surface area contributed by atoms with E-state index in [9.17, 15) is 14.4 Å². The van der Waals surface area contributed by atoms with Crippen molar-refractivity contribution in [2.75, 3.05) is 6.54 Å². The third-order valence-electron chi connectivity index (χ3n) is 5.93. The van der Waals surface area contributed by atoms with E-state index >= 15 is 0 Å². The molecule has 7 heteroatoms. The number of nitrogens with one attached hydrogen (secondary N) is 2. The van der Waals surface area contributed by atoms with E-state index in [-0.39, 0.29) is 23.8 Å². The van der Waals surface area contributed by atoms with E-state index in [1.54, 1.807) is 25.7 Å². The molecule has 0 heterocycles. The standard InChI is InChI=1S/C30H51N3O4/c1-10-12-13-14-19-33(28(35)25(20-21(3)4)32-29(36)37-30(7,8)9)26(27(34)31-22(5)6)24-17-15-23(11-2)16-18-24/h15-18,21-22,25-26H,10-14,19-20H2,1-9H3,(H,31,34)(H,32,36). The maximum Gasteiger partial charge on any atom is 0.408 e. The molecule has 0 aliphatic heterocycles. The van der Waals surface area contributed by atoms with E-state index in [4.69, 9.17) is 4.74 Å². The van der Waals surface area contributed by atoms with E-state index in [1.165, 1.54) is 0 Å². The summed E-state index contributed by atoms with van der Waals surface area (Å²) in [5.41, 5.74) is 1.24. The van der Waals surface area contributed by atoms with Gasteiger partial charge in [-0.1, -0.05) is 71.2 Å². The first-order valence-electron chi connectivity index (χ1n) is 14.0. The number of amides is 3. The van der Waals surface area contributed by atoms with Gasteiger partial charge in [-0.3, -0.25) is 9.59 Å². The molecule has 0 aromatic heterocycles. The highest BCUT2D eigenvalue weighted by atomic mass is 16.6. The van der Waals surface area contributed by atoms with Gasteiger partial charge in [0.25, 0.3) is 0 Å². The zero-order chi connectivity index (χ0) is 28.2. The van der Waals surface area contributed by atoms with Crippen LogP contribution in [0, 0.1) is 5.92 Å². The lowest BCUT2D eigenvalue weighted by molar-refractivity contribution is -0.143. The van der Waals surface area contributed by atoms with E-state index < -0.39 is 23.8 Å². The van der Waals surface area contributed by atoms with Gasteiger partial charge in [-0.05, 0) is 70.9 Å². The third-order valence-corrected chi connectivity index (χ3v) is 5.93. The lowest BCUT2D eigenvalue weighted by atomic mass is 9.97. The van der Waals surface area contributed by atoms with Crippen molar-refractivity contribution in [2.24, 2.45) is 5.92 Å². The number of aryl methyl sites for hydroxylation is 1. The molecule has 0 aliphatic carbocycles. The molecule has 37 heavy (non-hydrogen) atoms. The minimum Gasteiger partial charge on any atom is -0.444 e. The van der Waals surface area contributed by atoms with E-state index in [2.05, 4.69) is 24.5 Å². The van der Waals surface area contributed by atoms with Gasteiger partial charge in [0.15, 0.2) is 0 Å². The maximum atomic E-state index is 14.1. The zero-order valence-corrected chi connectivity index (χ0v) is 24.6. The Morgan fingerprint density at radius 1 is 0.919 bits per heavy atom. The monoisotopic (exact) mass is 517 g/mol. The predicted octanol–water partition coefficient (Wildman–Crippen LogP) is 6.16. The second kappa shape index (κ2) is 15.6. The predicted molar refractivity (Wildman–Crippen MR) is 150 cm³/mol. The summed E-state index contributed by atoms with van der Waals surface area (Å²) < 4.78 is 5.46. The molecule has 0 saturated carbocycles. The fourth-order valence-corrected chi connectivity index (χ4v) is 4.19. The van der Waals surface area contributed by atoms with Crippen LogP contribution in [0.25, 0.3) is 0 Å². The van der Waals surface area contributed by atoms with Crippen molar-refractivity contribution in [2.45, 2.75) is 125 Å². The number of nitrogens with zero attached hydrogens (tertiary/aromatic N) is 1. The first-order chi connectivity index (χ1) is 17.3. The number of alkyl carbamates (subject to hydrolysis) is 1. The highest BCUT2D eigenvalue weighted by molar-refractivity contribution is 5.92. The van der Waals surface area contributed by atoms with Gasteiger partial charge in [0, 0.05) is 12.6 Å². The normalized spacial score (nSPS) is 13.3. The van der Waals surface area contributed by atoms with Crippen LogP contribution in [0.3, 0.4) is 0 Å². The third kappa shape index (κ3) is 12.0. The summed E-state index contributed by atoms with van der Waals surface area (Å²) in [6.07, 6.45) is 4.56. The minimum absolute atomic E-state index is 0.0756. The number of unbranched alkanes of at least 4 members (excludes halogenated alkanes) is 3. The molecular formula is C30H51N3O4. The minimum atomic E-state index is -0.801. The maximum absolute atomic E-state index is 14.1. The molecule has 0 aliphatic rings.